The third-order valence-electron chi connectivity index (χ3n) is 5.04. The summed E-state index contributed by atoms with van der Waals surface area (Å²) in [7, 11) is -3.52. The minimum atomic E-state index is -3.52. The lowest BCUT2D eigenvalue weighted by Crippen LogP contribution is -2.50. The third kappa shape index (κ3) is 5.34. The predicted octanol–water partition coefficient (Wildman–Crippen LogP) is 1.62. The van der Waals surface area contributed by atoms with Crippen LogP contribution in [0.15, 0.2) is 29.2 Å². The Kier molecular flexibility index (Phi) is 6.97. The summed E-state index contributed by atoms with van der Waals surface area (Å²) in [5.41, 5.74) is 0. The monoisotopic (exact) mass is 415 g/mol. The van der Waals surface area contributed by atoms with E-state index in [1.165, 1.54) is 6.07 Å². The number of benzene rings is 1. The van der Waals surface area contributed by atoms with E-state index in [1.54, 1.807) is 23.1 Å². The van der Waals surface area contributed by atoms with Gasteiger partial charge in [0.05, 0.1) is 23.4 Å². The van der Waals surface area contributed by atoms with E-state index in [0.29, 0.717) is 31.0 Å². The molecule has 1 aromatic rings. The Hall–Kier alpha value is -1.35. The number of sulfone groups is 1. The van der Waals surface area contributed by atoms with Crippen LogP contribution in [-0.4, -0.2) is 82.0 Å². The van der Waals surface area contributed by atoms with E-state index in [2.05, 4.69) is 10.2 Å². The lowest BCUT2D eigenvalue weighted by atomic mass is 10.1. The van der Waals surface area contributed by atoms with Crippen LogP contribution in [0.5, 0.6) is 0 Å². The summed E-state index contributed by atoms with van der Waals surface area (Å²) in [6.07, 6.45) is 1.22. The summed E-state index contributed by atoms with van der Waals surface area (Å²) in [6, 6.07) is 6.11. The molecule has 7 nitrogen and oxygen atoms in total. The van der Waals surface area contributed by atoms with Gasteiger partial charge in [-0.2, -0.15) is 0 Å². The van der Waals surface area contributed by atoms with E-state index in [4.69, 9.17) is 16.3 Å². The summed E-state index contributed by atoms with van der Waals surface area (Å²) in [4.78, 5) is 16.5. The van der Waals surface area contributed by atoms with Gasteiger partial charge in [-0.05, 0) is 31.0 Å². The molecule has 0 saturated carbocycles. The summed E-state index contributed by atoms with van der Waals surface area (Å²) in [6.45, 7) is 5.29. The van der Waals surface area contributed by atoms with Crippen molar-refractivity contribution in [1.29, 1.82) is 0 Å². The second-order valence-corrected chi connectivity index (χ2v) is 9.56. The zero-order valence-corrected chi connectivity index (χ0v) is 16.8. The first-order valence-electron chi connectivity index (χ1n) is 9.29. The van der Waals surface area contributed by atoms with Gasteiger partial charge >= 0.3 is 6.03 Å². The third-order valence-corrected chi connectivity index (χ3v) is 7.45. The SMILES string of the molecule is O=C(NCCN1CCOCC1)N1CCCC(S(=O)(=O)c2cccc(Cl)c2)C1. The van der Waals surface area contributed by atoms with Crippen molar-refractivity contribution in [2.24, 2.45) is 0 Å². The van der Waals surface area contributed by atoms with E-state index >= 15 is 0 Å². The Morgan fingerprint density at radius 3 is 2.78 bits per heavy atom. The highest BCUT2D eigenvalue weighted by molar-refractivity contribution is 7.92. The number of amides is 2. The van der Waals surface area contributed by atoms with Crippen LogP contribution in [0, 0.1) is 0 Å². The number of carbonyl (C=O) groups is 1. The van der Waals surface area contributed by atoms with Crippen LogP contribution in [-0.2, 0) is 14.6 Å². The molecule has 0 spiro atoms. The van der Waals surface area contributed by atoms with Gasteiger partial charge in [0, 0.05) is 44.3 Å². The van der Waals surface area contributed by atoms with Crippen molar-refractivity contribution in [2.45, 2.75) is 23.0 Å². The second-order valence-electron chi connectivity index (χ2n) is 6.90. The number of hydrogen-bond donors (Lipinski definition) is 1. The van der Waals surface area contributed by atoms with Crippen molar-refractivity contribution in [3.05, 3.63) is 29.3 Å². The quantitative estimate of drug-likeness (QED) is 0.790. The number of likely N-dealkylation sites (tertiary alicyclic amines) is 1. The number of halogens is 1. The van der Waals surface area contributed by atoms with E-state index in [1.807, 2.05) is 0 Å². The first-order chi connectivity index (χ1) is 13.0. The largest absolute Gasteiger partial charge is 0.379 e. The molecule has 0 aliphatic carbocycles. The van der Waals surface area contributed by atoms with Crippen LogP contribution in [0.3, 0.4) is 0 Å². The van der Waals surface area contributed by atoms with Crippen LogP contribution in [0.4, 0.5) is 4.79 Å². The fourth-order valence-corrected chi connectivity index (χ4v) is 5.52. The molecule has 2 amide bonds. The average Bonchev–Trinajstić information content (AvgIpc) is 2.69. The van der Waals surface area contributed by atoms with Gasteiger partial charge in [0.15, 0.2) is 9.84 Å². The smallest absolute Gasteiger partial charge is 0.317 e. The molecule has 0 aromatic heterocycles. The van der Waals surface area contributed by atoms with E-state index in [0.717, 1.165) is 32.8 Å². The Morgan fingerprint density at radius 1 is 1.26 bits per heavy atom. The van der Waals surface area contributed by atoms with Crippen molar-refractivity contribution >= 4 is 27.5 Å². The van der Waals surface area contributed by atoms with Crippen LogP contribution < -0.4 is 5.32 Å². The molecule has 27 heavy (non-hydrogen) atoms. The molecule has 1 aromatic carbocycles. The van der Waals surface area contributed by atoms with Crippen LogP contribution in [0.2, 0.25) is 5.02 Å². The summed E-state index contributed by atoms with van der Waals surface area (Å²) in [5.74, 6) is 0. The van der Waals surface area contributed by atoms with E-state index in [9.17, 15) is 13.2 Å². The Bertz CT molecular complexity index is 753. The number of rotatable bonds is 5. The van der Waals surface area contributed by atoms with Gasteiger partial charge in [-0.3, -0.25) is 4.90 Å². The average molecular weight is 416 g/mol. The molecule has 3 rings (SSSR count). The van der Waals surface area contributed by atoms with E-state index < -0.39 is 15.1 Å². The molecule has 1 N–H and O–H groups in total. The van der Waals surface area contributed by atoms with E-state index in [-0.39, 0.29) is 17.5 Å². The highest BCUT2D eigenvalue weighted by atomic mass is 35.5. The molecule has 9 heteroatoms. The van der Waals surface area contributed by atoms with Crippen LogP contribution >= 0.6 is 11.6 Å². The van der Waals surface area contributed by atoms with Gasteiger partial charge in [-0.15, -0.1) is 0 Å². The van der Waals surface area contributed by atoms with Crippen molar-refractivity contribution in [2.75, 3.05) is 52.5 Å². The molecule has 1 unspecified atom stereocenters. The Morgan fingerprint density at radius 2 is 2.04 bits per heavy atom. The number of morpholine rings is 1. The Labute approximate surface area is 165 Å². The molecule has 2 aliphatic heterocycles. The molecule has 150 valence electrons. The summed E-state index contributed by atoms with van der Waals surface area (Å²) < 4.78 is 31.1. The molecule has 0 radical (unpaired) electrons. The highest BCUT2D eigenvalue weighted by Crippen LogP contribution is 2.25. The van der Waals surface area contributed by atoms with Crippen molar-refractivity contribution in [1.82, 2.24) is 15.1 Å². The molecule has 2 saturated heterocycles. The predicted molar refractivity (Wildman–Crippen MR) is 104 cm³/mol. The standard InChI is InChI=1S/C18H26ClN3O4S/c19-15-3-1-4-16(13-15)27(24,25)17-5-2-7-22(14-17)18(23)20-6-8-21-9-11-26-12-10-21/h1,3-4,13,17H,2,5-12,14H2,(H,20,23). The lowest BCUT2D eigenvalue weighted by molar-refractivity contribution is 0.0385. The minimum absolute atomic E-state index is 0.200. The first-order valence-corrected chi connectivity index (χ1v) is 11.2. The number of ether oxygens (including phenoxy) is 1. The van der Waals surface area contributed by atoms with Crippen LogP contribution in [0.25, 0.3) is 0 Å². The van der Waals surface area contributed by atoms with Gasteiger partial charge in [0.2, 0.25) is 0 Å². The molecule has 2 heterocycles. The second kappa shape index (κ2) is 9.23. The fraction of sp³-hybridized carbons (Fsp3) is 0.611. The highest BCUT2D eigenvalue weighted by Gasteiger charge is 2.33. The van der Waals surface area contributed by atoms with Crippen molar-refractivity contribution < 1.29 is 17.9 Å². The molecular formula is C18H26ClN3O4S. The molecule has 2 aliphatic rings. The normalized spacial score (nSPS) is 21.8. The molecular weight excluding hydrogens is 390 g/mol. The maximum atomic E-state index is 12.9. The molecule has 1 atom stereocenters. The molecule has 0 bridgehead atoms. The number of piperidine rings is 1. The van der Waals surface area contributed by atoms with Gasteiger partial charge in [0.25, 0.3) is 0 Å². The first kappa shape index (κ1) is 20.4. The number of carbonyl (C=O) groups excluding carboxylic acids is 1. The van der Waals surface area contributed by atoms with Crippen molar-refractivity contribution in [3.8, 4) is 0 Å². The van der Waals surface area contributed by atoms with Crippen molar-refractivity contribution in [3.63, 3.8) is 0 Å². The zero-order valence-electron chi connectivity index (χ0n) is 15.3. The summed E-state index contributed by atoms with van der Waals surface area (Å²) in [5, 5.41) is 2.70. The lowest BCUT2D eigenvalue weighted by Gasteiger charge is -2.33. The number of nitrogens with one attached hydrogen (secondary N) is 1. The molecule has 2 fully saturated rings. The number of hydrogen-bond acceptors (Lipinski definition) is 5. The van der Waals surface area contributed by atoms with Crippen LogP contribution in [0.1, 0.15) is 12.8 Å². The number of urea groups is 1. The maximum Gasteiger partial charge on any atom is 0.317 e. The Balaban J connectivity index is 1.54. The van der Waals surface area contributed by atoms with Gasteiger partial charge in [0.1, 0.15) is 0 Å². The maximum absolute atomic E-state index is 12.9. The fourth-order valence-electron chi connectivity index (χ4n) is 3.47. The minimum Gasteiger partial charge on any atom is -0.379 e. The van der Waals surface area contributed by atoms with Gasteiger partial charge in [-0.1, -0.05) is 17.7 Å². The van der Waals surface area contributed by atoms with Gasteiger partial charge < -0.3 is 15.0 Å². The number of nitrogens with zero attached hydrogens (tertiary/aromatic N) is 2. The van der Waals surface area contributed by atoms with Gasteiger partial charge in [-0.25, -0.2) is 13.2 Å². The summed E-state index contributed by atoms with van der Waals surface area (Å²) >= 11 is 5.94. The zero-order chi connectivity index (χ0) is 19.3. The topological polar surface area (TPSA) is 79.0 Å².